The van der Waals surface area contributed by atoms with Gasteiger partial charge in [-0.05, 0) is 57.6 Å². The van der Waals surface area contributed by atoms with Gasteiger partial charge in [-0.2, -0.15) is 0 Å². The van der Waals surface area contributed by atoms with Gasteiger partial charge in [0.25, 0.3) is 0 Å². The fourth-order valence-electron chi connectivity index (χ4n) is 9.86. The van der Waals surface area contributed by atoms with Crippen LogP contribution in [0, 0.1) is 29.6 Å². The first-order valence-corrected chi connectivity index (χ1v) is 18.9. The molecule has 3 amide bonds. The van der Waals surface area contributed by atoms with Crippen molar-refractivity contribution >= 4 is 17.9 Å². The van der Waals surface area contributed by atoms with Crippen molar-refractivity contribution in [3.63, 3.8) is 0 Å². The van der Waals surface area contributed by atoms with E-state index in [1.54, 1.807) is 23.6 Å². The highest BCUT2D eigenvalue weighted by Crippen LogP contribution is 2.44. The Kier molecular flexibility index (Phi) is 11.4. The number of urea groups is 1. The predicted molar refractivity (Wildman–Crippen MR) is 182 cm³/mol. The van der Waals surface area contributed by atoms with E-state index in [0.717, 1.165) is 0 Å². The lowest BCUT2D eigenvalue weighted by Crippen LogP contribution is -2.80. The maximum absolute atomic E-state index is 16.7. The van der Waals surface area contributed by atoms with E-state index in [4.69, 9.17) is 9.47 Å². The lowest BCUT2D eigenvalue weighted by atomic mass is 9.71. The molecule has 4 N–H and O–H groups in total. The van der Waals surface area contributed by atoms with E-state index in [0.29, 0.717) is 45.4 Å². The smallest absolute Gasteiger partial charge is 0.320 e. The van der Waals surface area contributed by atoms with Gasteiger partial charge in [0.15, 0.2) is 0 Å². The third-order valence-corrected chi connectivity index (χ3v) is 12.3. The molecule has 6 aliphatic rings. The molecular weight excluding hydrogens is 650 g/mol. The molecular formula is C36H58F2N6O6. The number of fused-ring (bicyclic) bond motifs is 5. The van der Waals surface area contributed by atoms with E-state index < -0.39 is 84.7 Å². The van der Waals surface area contributed by atoms with E-state index in [-0.39, 0.29) is 49.4 Å². The number of carbonyl (C=O) groups is 3. The summed E-state index contributed by atoms with van der Waals surface area (Å²) >= 11 is 0. The number of esters is 1. The van der Waals surface area contributed by atoms with Gasteiger partial charge >= 0.3 is 12.0 Å². The summed E-state index contributed by atoms with van der Waals surface area (Å²) in [6.07, 6.45) is -3.62. The van der Waals surface area contributed by atoms with Crippen LogP contribution in [-0.4, -0.2) is 138 Å². The Labute approximate surface area is 295 Å². The fourth-order valence-corrected chi connectivity index (χ4v) is 9.86. The molecule has 6 rings (SSSR count). The van der Waals surface area contributed by atoms with Crippen LogP contribution in [0.3, 0.4) is 0 Å². The van der Waals surface area contributed by atoms with Gasteiger partial charge in [-0.15, -0.1) is 0 Å². The van der Waals surface area contributed by atoms with Crippen LogP contribution in [0.4, 0.5) is 13.6 Å². The lowest BCUT2D eigenvalue weighted by Gasteiger charge is -2.60. The number of hydrogen-bond acceptors (Lipinski definition) is 9. The second kappa shape index (κ2) is 15.3. The van der Waals surface area contributed by atoms with Crippen molar-refractivity contribution in [3.8, 4) is 0 Å². The van der Waals surface area contributed by atoms with Crippen LogP contribution in [0.25, 0.3) is 0 Å². The number of halogens is 2. The molecule has 5 heterocycles. The number of aliphatic hydroxyl groups is 1. The third kappa shape index (κ3) is 7.03. The Balaban J connectivity index is 1.44. The van der Waals surface area contributed by atoms with Gasteiger partial charge in [0.05, 0.1) is 37.0 Å². The third-order valence-electron chi connectivity index (χ3n) is 12.3. The first kappa shape index (κ1) is 37.4. The zero-order valence-electron chi connectivity index (χ0n) is 30.2. The van der Waals surface area contributed by atoms with E-state index in [9.17, 15) is 19.5 Å². The maximum atomic E-state index is 16.7. The maximum Gasteiger partial charge on any atom is 0.320 e. The molecule has 14 atom stereocenters. The molecule has 14 heteroatoms. The molecule has 13 unspecified atom stereocenters. The lowest BCUT2D eigenvalue weighted by molar-refractivity contribution is -0.183. The summed E-state index contributed by atoms with van der Waals surface area (Å²) in [7, 11) is 0. The van der Waals surface area contributed by atoms with Crippen molar-refractivity contribution in [2.24, 2.45) is 29.6 Å². The number of hydrogen-bond donors (Lipinski definition) is 4. The largest absolute Gasteiger partial charge is 0.459 e. The topological polar surface area (TPSA) is 136 Å². The Bertz CT molecular complexity index is 1260. The highest BCUT2D eigenvalue weighted by Gasteiger charge is 2.59. The van der Waals surface area contributed by atoms with Gasteiger partial charge in [0, 0.05) is 55.5 Å². The van der Waals surface area contributed by atoms with E-state index in [1.807, 2.05) is 6.92 Å². The van der Waals surface area contributed by atoms with Crippen molar-refractivity contribution in [1.29, 1.82) is 0 Å². The number of piperidine rings is 2. The average molecular weight is 709 g/mol. The molecule has 5 saturated heterocycles. The molecule has 0 aromatic heterocycles. The Morgan fingerprint density at radius 1 is 1.08 bits per heavy atom. The molecule has 282 valence electrons. The van der Waals surface area contributed by atoms with Crippen molar-refractivity contribution in [2.75, 3.05) is 32.8 Å². The number of aliphatic hydroxyl groups excluding tert-OH is 1. The van der Waals surface area contributed by atoms with Crippen LogP contribution in [0.1, 0.15) is 66.7 Å². The molecule has 0 spiro atoms. The SMILES string of the molecule is C=CC(=O)N1CCN(C2NC(=O)N3C4NC(C(F)CC42)C2C(F)CCCC2OCC(O)C(OC(=O)C(C)C)C2CCNC(C(C)C)C23)[C@@H](C)C1. The minimum Gasteiger partial charge on any atom is -0.459 e. The summed E-state index contributed by atoms with van der Waals surface area (Å²) in [5.41, 5.74) is 0. The van der Waals surface area contributed by atoms with Gasteiger partial charge in [-0.1, -0.05) is 34.3 Å². The highest BCUT2D eigenvalue weighted by molar-refractivity contribution is 5.87. The van der Waals surface area contributed by atoms with Gasteiger partial charge in [-0.25, -0.2) is 13.6 Å². The standard InChI is InChI=1S/C36H58F2N6O6/c1-7-27(46)42-13-14-43(20(6)16-42)33-22-15-24(38)30-28-23(37)9-8-10-26(28)49-17-25(45)32(50-35(47)19(4)5)21-11-12-39-29(18(2)3)31(21)44(34(22)40-30)36(48)41-33/h7,18-26,28-34,39-40,45H,1,8-17H2,2-6H3,(H,41,48)/t20-,21?,22?,23?,24?,25?,26?,28?,29?,30?,31?,32?,33?,34?/m0/s1. The molecule has 0 radical (unpaired) electrons. The summed E-state index contributed by atoms with van der Waals surface area (Å²) in [5.74, 6) is -2.77. The second-order valence-corrected chi connectivity index (χ2v) is 16.1. The Hall–Kier alpha value is -2.39. The minimum absolute atomic E-state index is 0.0382. The zero-order valence-corrected chi connectivity index (χ0v) is 30.2. The van der Waals surface area contributed by atoms with Crippen LogP contribution in [0.2, 0.25) is 0 Å². The van der Waals surface area contributed by atoms with Crippen LogP contribution in [0.5, 0.6) is 0 Å². The molecule has 6 fully saturated rings. The van der Waals surface area contributed by atoms with Crippen molar-refractivity contribution in [3.05, 3.63) is 12.7 Å². The zero-order chi connectivity index (χ0) is 36.0. The van der Waals surface area contributed by atoms with Gasteiger partial charge in [0.1, 0.15) is 24.6 Å². The molecule has 5 aliphatic heterocycles. The summed E-state index contributed by atoms with van der Waals surface area (Å²) in [6.45, 7) is 15.0. The quantitative estimate of drug-likeness (QED) is 0.251. The number of amides is 3. The van der Waals surface area contributed by atoms with Gasteiger partial charge in [-0.3, -0.25) is 19.8 Å². The monoisotopic (exact) mass is 708 g/mol. The van der Waals surface area contributed by atoms with Crippen LogP contribution < -0.4 is 16.0 Å². The summed E-state index contributed by atoms with van der Waals surface area (Å²) in [4.78, 5) is 46.1. The number of piperazine rings is 1. The second-order valence-electron chi connectivity index (χ2n) is 16.1. The fraction of sp³-hybridized carbons (Fsp3) is 0.861. The molecule has 50 heavy (non-hydrogen) atoms. The van der Waals surface area contributed by atoms with Crippen molar-refractivity contribution in [2.45, 2.75) is 134 Å². The summed E-state index contributed by atoms with van der Waals surface area (Å²) < 4.78 is 45.2. The Morgan fingerprint density at radius 2 is 1.84 bits per heavy atom. The summed E-state index contributed by atoms with van der Waals surface area (Å²) in [5, 5.41) is 22.2. The van der Waals surface area contributed by atoms with Gasteiger partial charge in [0.2, 0.25) is 5.91 Å². The Morgan fingerprint density at radius 3 is 2.52 bits per heavy atom. The number of ether oxygens (including phenoxy) is 2. The van der Waals surface area contributed by atoms with E-state index >= 15 is 8.78 Å². The highest BCUT2D eigenvalue weighted by atomic mass is 19.1. The number of carbonyl (C=O) groups excluding carboxylic acids is 3. The number of nitrogens with zero attached hydrogens (tertiary/aromatic N) is 3. The van der Waals surface area contributed by atoms with Crippen LogP contribution in [0.15, 0.2) is 12.7 Å². The predicted octanol–water partition coefficient (Wildman–Crippen LogP) is 2.17. The van der Waals surface area contributed by atoms with E-state index in [1.165, 1.54) is 6.08 Å². The first-order valence-electron chi connectivity index (χ1n) is 18.9. The molecule has 2 bridgehead atoms. The number of nitrogens with one attached hydrogen (secondary N) is 3. The molecule has 1 aliphatic carbocycles. The van der Waals surface area contributed by atoms with Crippen LogP contribution >= 0.6 is 0 Å². The van der Waals surface area contributed by atoms with Crippen molar-refractivity contribution < 1.29 is 37.7 Å². The van der Waals surface area contributed by atoms with Gasteiger partial charge < -0.3 is 35.0 Å². The van der Waals surface area contributed by atoms with Crippen LogP contribution in [-0.2, 0) is 19.1 Å². The summed E-state index contributed by atoms with van der Waals surface area (Å²) in [6, 6.07) is -2.22. The molecule has 0 aromatic rings. The van der Waals surface area contributed by atoms with E-state index in [2.05, 4.69) is 41.3 Å². The minimum atomic E-state index is -1.42. The number of alkyl halides is 2. The molecule has 1 saturated carbocycles. The first-order chi connectivity index (χ1) is 23.8. The van der Waals surface area contributed by atoms with Crippen molar-refractivity contribution in [1.82, 2.24) is 30.7 Å². The molecule has 0 aromatic carbocycles. The normalized spacial score (nSPS) is 42.8. The molecule has 12 nitrogen and oxygen atoms in total. The average Bonchev–Trinajstić information content (AvgIpc) is 3.08. The number of rotatable bonds is 5.